The highest BCUT2D eigenvalue weighted by Crippen LogP contribution is 2.24. The molecule has 0 unspecified atom stereocenters. The van der Waals surface area contributed by atoms with Crippen LogP contribution in [0.5, 0.6) is 0 Å². The SMILES string of the molecule is Cc1cc(F)c(Br)cc1NC(=O)CNc1ccccc1. The van der Waals surface area contributed by atoms with Crippen molar-refractivity contribution < 1.29 is 9.18 Å². The lowest BCUT2D eigenvalue weighted by Gasteiger charge is -2.10. The van der Waals surface area contributed by atoms with Crippen LogP contribution in [-0.4, -0.2) is 12.5 Å². The molecular weight excluding hydrogens is 323 g/mol. The van der Waals surface area contributed by atoms with Gasteiger partial charge < -0.3 is 10.6 Å². The molecular formula is C15H14BrFN2O. The number of halogens is 2. The third-order valence-corrected chi connectivity index (χ3v) is 3.38. The first kappa shape index (κ1) is 14.5. The Bertz CT molecular complexity index is 617. The summed E-state index contributed by atoms with van der Waals surface area (Å²) in [6.45, 7) is 1.90. The lowest BCUT2D eigenvalue weighted by molar-refractivity contribution is -0.114. The smallest absolute Gasteiger partial charge is 0.243 e. The fraction of sp³-hybridized carbons (Fsp3) is 0.133. The van der Waals surface area contributed by atoms with E-state index in [0.717, 1.165) is 5.69 Å². The van der Waals surface area contributed by atoms with E-state index in [1.807, 2.05) is 30.3 Å². The average Bonchev–Trinajstić information content (AvgIpc) is 2.44. The Labute approximate surface area is 125 Å². The van der Waals surface area contributed by atoms with E-state index in [4.69, 9.17) is 0 Å². The molecule has 2 rings (SSSR count). The van der Waals surface area contributed by atoms with Gasteiger partial charge in [-0.15, -0.1) is 0 Å². The minimum atomic E-state index is -0.345. The lowest BCUT2D eigenvalue weighted by Crippen LogP contribution is -2.22. The molecule has 2 aromatic carbocycles. The zero-order chi connectivity index (χ0) is 14.5. The lowest BCUT2D eigenvalue weighted by atomic mass is 10.2. The van der Waals surface area contributed by atoms with Gasteiger partial charge in [-0.2, -0.15) is 0 Å². The van der Waals surface area contributed by atoms with Crippen molar-refractivity contribution in [2.45, 2.75) is 6.92 Å². The molecule has 20 heavy (non-hydrogen) atoms. The molecule has 3 nitrogen and oxygen atoms in total. The molecule has 2 N–H and O–H groups in total. The van der Waals surface area contributed by atoms with Crippen molar-refractivity contribution in [3.63, 3.8) is 0 Å². The second-order valence-electron chi connectivity index (χ2n) is 4.35. The van der Waals surface area contributed by atoms with Gasteiger partial charge in [0.1, 0.15) is 5.82 Å². The van der Waals surface area contributed by atoms with E-state index < -0.39 is 0 Å². The predicted molar refractivity (Wildman–Crippen MR) is 82.4 cm³/mol. The van der Waals surface area contributed by atoms with Gasteiger partial charge in [-0.25, -0.2) is 4.39 Å². The van der Waals surface area contributed by atoms with E-state index in [2.05, 4.69) is 26.6 Å². The Balaban J connectivity index is 1.97. The average molecular weight is 337 g/mol. The molecule has 1 amide bonds. The largest absolute Gasteiger partial charge is 0.376 e. The zero-order valence-corrected chi connectivity index (χ0v) is 12.5. The van der Waals surface area contributed by atoms with Crippen molar-refractivity contribution in [1.29, 1.82) is 0 Å². The number of amides is 1. The van der Waals surface area contributed by atoms with Crippen LogP contribution in [0.4, 0.5) is 15.8 Å². The van der Waals surface area contributed by atoms with Gasteiger partial charge in [0.15, 0.2) is 0 Å². The topological polar surface area (TPSA) is 41.1 Å². The maximum atomic E-state index is 13.3. The summed E-state index contributed by atoms with van der Waals surface area (Å²) in [5, 5.41) is 5.76. The molecule has 0 heterocycles. The third-order valence-electron chi connectivity index (χ3n) is 2.77. The summed E-state index contributed by atoms with van der Waals surface area (Å²) in [5.74, 6) is -0.529. The van der Waals surface area contributed by atoms with E-state index in [1.54, 1.807) is 13.0 Å². The highest BCUT2D eigenvalue weighted by molar-refractivity contribution is 9.10. The molecule has 104 valence electrons. The molecule has 0 fully saturated rings. The number of carbonyl (C=O) groups excluding carboxylic acids is 1. The van der Waals surface area contributed by atoms with Crippen molar-refractivity contribution in [2.75, 3.05) is 17.2 Å². The van der Waals surface area contributed by atoms with Gasteiger partial charge in [0, 0.05) is 11.4 Å². The fourth-order valence-corrected chi connectivity index (χ4v) is 2.06. The first-order valence-electron chi connectivity index (χ1n) is 6.10. The minimum Gasteiger partial charge on any atom is -0.376 e. The van der Waals surface area contributed by atoms with Gasteiger partial charge in [0.05, 0.1) is 11.0 Å². The molecule has 2 aromatic rings. The number of benzene rings is 2. The summed E-state index contributed by atoms with van der Waals surface area (Å²) < 4.78 is 13.6. The molecule has 0 aliphatic heterocycles. The van der Waals surface area contributed by atoms with Crippen molar-refractivity contribution >= 4 is 33.2 Å². The first-order chi connectivity index (χ1) is 9.56. The number of aryl methyl sites for hydroxylation is 1. The van der Waals surface area contributed by atoms with Crippen LogP contribution in [0, 0.1) is 12.7 Å². The summed E-state index contributed by atoms with van der Waals surface area (Å²) in [6.07, 6.45) is 0. The van der Waals surface area contributed by atoms with Crippen molar-refractivity contribution in [2.24, 2.45) is 0 Å². The van der Waals surface area contributed by atoms with Gasteiger partial charge >= 0.3 is 0 Å². The summed E-state index contributed by atoms with van der Waals surface area (Å²) in [4.78, 5) is 11.9. The summed E-state index contributed by atoms with van der Waals surface area (Å²) in [7, 11) is 0. The molecule has 0 aliphatic rings. The van der Waals surface area contributed by atoms with E-state index in [1.165, 1.54) is 6.07 Å². The monoisotopic (exact) mass is 336 g/mol. The van der Waals surface area contributed by atoms with Crippen LogP contribution in [0.1, 0.15) is 5.56 Å². The number of hydrogen-bond donors (Lipinski definition) is 2. The molecule has 0 atom stereocenters. The third kappa shape index (κ3) is 3.81. The number of para-hydroxylation sites is 1. The van der Waals surface area contributed by atoms with E-state index >= 15 is 0 Å². The number of rotatable bonds is 4. The highest BCUT2D eigenvalue weighted by Gasteiger charge is 2.08. The molecule has 0 aliphatic carbocycles. The van der Waals surface area contributed by atoms with Crippen LogP contribution in [0.25, 0.3) is 0 Å². The zero-order valence-electron chi connectivity index (χ0n) is 10.9. The molecule has 0 spiro atoms. The van der Waals surface area contributed by atoms with Gasteiger partial charge in [0.25, 0.3) is 0 Å². The quantitative estimate of drug-likeness (QED) is 0.887. The number of hydrogen-bond acceptors (Lipinski definition) is 2. The number of carbonyl (C=O) groups is 1. The van der Waals surface area contributed by atoms with Gasteiger partial charge in [-0.1, -0.05) is 18.2 Å². The number of nitrogens with one attached hydrogen (secondary N) is 2. The maximum Gasteiger partial charge on any atom is 0.243 e. The molecule has 5 heteroatoms. The predicted octanol–water partition coefficient (Wildman–Crippen LogP) is 3.95. The second-order valence-corrected chi connectivity index (χ2v) is 5.20. The Morgan fingerprint density at radius 1 is 1.25 bits per heavy atom. The summed E-state index contributed by atoms with van der Waals surface area (Å²) >= 11 is 3.10. The van der Waals surface area contributed by atoms with Crippen LogP contribution in [0.3, 0.4) is 0 Å². The molecule has 0 aromatic heterocycles. The Hall–Kier alpha value is -1.88. The molecule has 0 bridgehead atoms. The van der Waals surface area contributed by atoms with Crippen LogP contribution in [0.2, 0.25) is 0 Å². The first-order valence-corrected chi connectivity index (χ1v) is 6.90. The van der Waals surface area contributed by atoms with Crippen LogP contribution >= 0.6 is 15.9 Å². The van der Waals surface area contributed by atoms with Crippen LogP contribution in [0.15, 0.2) is 46.9 Å². The van der Waals surface area contributed by atoms with E-state index in [-0.39, 0.29) is 18.3 Å². The van der Waals surface area contributed by atoms with E-state index in [0.29, 0.717) is 15.7 Å². The Morgan fingerprint density at radius 2 is 1.95 bits per heavy atom. The van der Waals surface area contributed by atoms with Crippen molar-refractivity contribution in [3.05, 3.63) is 58.3 Å². The van der Waals surface area contributed by atoms with Crippen LogP contribution in [-0.2, 0) is 4.79 Å². The van der Waals surface area contributed by atoms with Gasteiger partial charge in [-0.3, -0.25) is 4.79 Å². The second kappa shape index (κ2) is 6.52. The fourth-order valence-electron chi connectivity index (χ4n) is 1.71. The van der Waals surface area contributed by atoms with Crippen LogP contribution < -0.4 is 10.6 Å². The van der Waals surface area contributed by atoms with Crippen molar-refractivity contribution in [3.8, 4) is 0 Å². The number of anilines is 2. The van der Waals surface area contributed by atoms with Gasteiger partial charge in [-0.05, 0) is 52.7 Å². The standard InChI is InChI=1S/C15H14BrFN2O/c1-10-7-13(17)12(16)8-14(10)19-15(20)9-18-11-5-3-2-4-6-11/h2-8,18H,9H2,1H3,(H,19,20). The highest BCUT2D eigenvalue weighted by atomic mass is 79.9. The Kier molecular flexibility index (Phi) is 4.74. The summed E-state index contributed by atoms with van der Waals surface area (Å²) in [6, 6.07) is 12.4. The van der Waals surface area contributed by atoms with Gasteiger partial charge in [0.2, 0.25) is 5.91 Å². The van der Waals surface area contributed by atoms with Crippen molar-refractivity contribution in [1.82, 2.24) is 0 Å². The summed E-state index contributed by atoms with van der Waals surface area (Å²) in [5.41, 5.74) is 2.15. The Morgan fingerprint density at radius 3 is 2.65 bits per heavy atom. The normalized spacial score (nSPS) is 10.2. The molecule has 0 saturated heterocycles. The minimum absolute atomic E-state index is 0.151. The molecule has 0 radical (unpaired) electrons. The molecule has 0 saturated carbocycles. The van der Waals surface area contributed by atoms with E-state index in [9.17, 15) is 9.18 Å². The maximum absolute atomic E-state index is 13.3.